The molecular weight excluding hydrogens is 288 g/mol. The Morgan fingerprint density at radius 1 is 0.913 bits per heavy atom. The smallest absolute Gasteiger partial charge is 0.139 e. The Balaban J connectivity index is 1.58. The Kier molecular flexibility index (Phi) is 3.70. The van der Waals surface area contributed by atoms with E-state index in [9.17, 15) is 0 Å². The summed E-state index contributed by atoms with van der Waals surface area (Å²) in [5, 5.41) is 3.37. The first-order valence-corrected chi connectivity index (χ1v) is 7.58. The molecular formula is C18H16N4O. The van der Waals surface area contributed by atoms with Gasteiger partial charge in [0.25, 0.3) is 0 Å². The predicted molar refractivity (Wildman–Crippen MR) is 88.3 cm³/mol. The number of benzene rings is 1. The van der Waals surface area contributed by atoms with Crippen molar-refractivity contribution < 1.29 is 4.74 Å². The number of aromatic nitrogens is 3. The standard InChI is InChI=1S/C18H16N4O/c1-3-15(4-2-13(1)14-5-8-19-9-6-14)22-18-16-11-23-10-7-17(16)20-12-21-18/h1-6,8-9,12H,7,10-11H2,(H,20,21,22). The zero-order chi connectivity index (χ0) is 15.5. The van der Waals surface area contributed by atoms with E-state index in [0.29, 0.717) is 6.61 Å². The molecule has 3 aromatic rings. The predicted octanol–water partition coefficient (Wildman–Crippen LogP) is 3.35. The number of anilines is 2. The highest BCUT2D eigenvalue weighted by Gasteiger charge is 2.15. The molecule has 23 heavy (non-hydrogen) atoms. The summed E-state index contributed by atoms with van der Waals surface area (Å²) < 4.78 is 5.53. The molecule has 5 heteroatoms. The van der Waals surface area contributed by atoms with Gasteiger partial charge in [0.1, 0.15) is 12.1 Å². The summed E-state index contributed by atoms with van der Waals surface area (Å²) in [6.07, 6.45) is 6.05. The minimum absolute atomic E-state index is 0.563. The topological polar surface area (TPSA) is 59.9 Å². The van der Waals surface area contributed by atoms with Gasteiger partial charge in [-0.25, -0.2) is 9.97 Å². The fourth-order valence-electron chi connectivity index (χ4n) is 2.69. The van der Waals surface area contributed by atoms with Gasteiger partial charge in [0.05, 0.1) is 18.9 Å². The molecule has 0 atom stereocenters. The molecule has 0 fully saturated rings. The molecule has 0 bridgehead atoms. The van der Waals surface area contributed by atoms with Crippen LogP contribution in [0.2, 0.25) is 0 Å². The molecule has 1 aliphatic rings. The van der Waals surface area contributed by atoms with Crippen LogP contribution in [0.4, 0.5) is 11.5 Å². The molecule has 0 spiro atoms. The molecule has 2 aromatic heterocycles. The van der Waals surface area contributed by atoms with E-state index in [1.807, 2.05) is 24.3 Å². The van der Waals surface area contributed by atoms with E-state index in [1.54, 1.807) is 18.7 Å². The summed E-state index contributed by atoms with van der Waals surface area (Å²) in [5.41, 5.74) is 5.43. The third-order valence-corrected chi connectivity index (χ3v) is 3.93. The van der Waals surface area contributed by atoms with Gasteiger partial charge < -0.3 is 10.1 Å². The van der Waals surface area contributed by atoms with E-state index >= 15 is 0 Å². The number of hydrogen-bond acceptors (Lipinski definition) is 5. The highest BCUT2D eigenvalue weighted by molar-refractivity contribution is 5.68. The number of hydrogen-bond donors (Lipinski definition) is 1. The van der Waals surface area contributed by atoms with Crippen LogP contribution in [0.3, 0.4) is 0 Å². The average Bonchev–Trinajstić information content (AvgIpc) is 2.63. The van der Waals surface area contributed by atoms with Crippen molar-refractivity contribution in [2.24, 2.45) is 0 Å². The summed E-state index contributed by atoms with van der Waals surface area (Å²) in [6.45, 7) is 1.29. The van der Waals surface area contributed by atoms with Gasteiger partial charge in [-0.1, -0.05) is 12.1 Å². The number of ether oxygens (including phenoxy) is 1. The van der Waals surface area contributed by atoms with Crippen molar-refractivity contribution >= 4 is 11.5 Å². The largest absolute Gasteiger partial charge is 0.376 e. The Hall–Kier alpha value is -2.79. The maximum atomic E-state index is 5.53. The van der Waals surface area contributed by atoms with E-state index < -0.39 is 0 Å². The zero-order valence-corrected chi connectivity index (χ0v) is 12.6. The zero-order valence-electron chi connectivity index (χ0n) is 12.6. The lowest BCUT2D eigenvalue weighted by Gasteiger charge is -2.18. The van der Waals surface area contributed by atoms with Crippen LogP contribution in [0.5, 0.6) is 0 Å². The maximum absolute atomic E-state index is 5.53. The molecule has 0 saturated carbocycles. The average molecular weight is 304 g/mol. The first kappa shape index (κ1) is 13.8. The minimum Gasteiger partial charge on any atom is -0.376 e. The van der Waals surface area contributed by atoms with Crippen molar-refractivity contribution in [3.8, 4) is 11.1 Å². The minimum atomic E-state index is 0.563. The molecule has 1 N–H and O–H groups in total. The Morgan fingerprint density at radius 2 is 1.70 bits per heavy atom. The second kappa shape index (κ2) is 6.14. The SMILES string of the molecule is c1cc(-c2ccc(Nc3ncnc4c3COCC4)cc2)ccn1. The lowest BCUT2D eigenvalue weighted by Crippen LogP contribution is -2.14. The van der Waals surface area contributed by atoms with Crippen LogP contribution in [0.25, 0.3) is 11.1 Å². The van der Waals surface area contributed by atoms with E-state index in [0.717, 1.165) is 46.9 Å². The van der Waals surface area contributed by atoms with Crippen LogP contribution in [0, 0.1) is 0 Å². The van der Waals surface area contributed by atoms with E-state index in [2.05, 4.69) is 32.4 Å². The normalized spacial score (nSPS) is 13.4. The van der Waals surface area contributed by atoms with Crippen LogP contribution in [-0.2, 0) is 17.8 Å². The first-order chi connectivity index (χ1) is 11.4. The van der Waals surface area contributed by atoms with Crippen molar-refractivity contribution in [3.05, 3.63) is 66.4 Å². The Labute approximate surface area is 134 Å². The van der Waals surface area contributed by atoms with Gasteiger partial charge in [-0.15, -0.1) is 0 Å². The third kappa shape index (κ3) is 2.91. The van der Waals surface area contributed by atoms with Gasteiger partial charge in [0.2, 0.25) is 0 Å². The van der Waals surface area contributed by atoms with Gasteiger partial charge >= 0.3 is 0 Å². The number of nitrogens with one attached hydrogen (secondary N) is 1. The van der Waals surface area contributed by atoms with Crippen molar-refractivity contribution in [3.63, 3.8) is 0 Å². The Morgan fingerprint density at radius 3 is 2.52 bits per heavy atom. The molecule has 0 aliphatic carbocycles. The molecule has 1 aliphatic heterocycles. The van der Waals surface area contributed by atoms with Gasteiger partial charge in [-0.3, -0.25) is 4.98 Å². The Bertz CT molecular complexity index is 803. The number of pyridine rings is 1. The third-order valence-electron chi connectivity index (χ3n) is 3.93. The van der Waals surface area contributed by atoms with E-state index in [1.165, 1.54) is 0 Å². The van der Waals surface area contributed by atoms with Gasteiger partial charge in [-0.05, 0) is 35.4 Å². The molecule has 0 amide bonds. The molecule has 5 nitrogen and oxygen atoms in total. The fourth-order valence-corrected chi connectivity index (χ4v) is 2.69. The monoisotopic (exact) mass is 304 g/mol. The van der Waals surface area contributed by atoms with Crippen LogP contribution >= 0.6 is 0 Å². The lowest BCUT2D eigenvalue weighted by atomic mass is 10.1. The molecule has 0 unspecified atom stereocenters. The van der Waals surface area contributed by atoms with Gasteiger partial charge in [0.15, 0.2) is 0 Å². The first-order valence-electron chi connectivity index (χ1n) is 7.58. The summed E-state index contributed by atoms with van der Waals surface area (Å²) >= 11 is 0. The second-order valence-corrected chi connectivity index (χ2v) is 5.39. The highest BCUT2D eigenvalue weighted by atomic mass is 16.5. The fraction of sp³-hybridized carbons (Fsp3) is 0.167. The molecule has 0 saturated heterocycles. The van der Waals surface area contributed by atoms with E-state index in [4.69, 9.17) is 4.74 Å². The molecule has 1 aromatic carbocycles. The lowest BCUT2D eigenvalue weighted by molar-refractivity contribution is 0.109. The van der Waals surface area contributed by atoms with Crippen LogP contribution in [0.1, 0.15) is 11.3 Å². The summed E-state index contributed by atoms with van der Waals surface area (Å²) in [4.78, 5) is 12.7. The number of nitrogens with zero attached hydrogens (tertiary/aromatic N) is 3. The van der Waals surface area contributed by atoms with Crippen molar-refractivity contribution in [1.29, 1.82) is 0 Å². The van der Waals surface area contributed by atoms with Crippen LogP contribution < -0.4 is 5.32 Å². The van der Waals surface area contributed by atoms with Crippen molar-refractivity contribution in [1.82, 2.24) is 15.0 Å². The molecule has 3 heterocycles. The van der Waals surface area contributed by atoms with Crippen molar-refractivity contribution in [2.75, 3.05) is 11.9 Å². The number of fused-ring (bicyclic) bond motifs is 1. The molecule has 0 radical (unpaired) electrons. The van der Waals surface area contributed by atoms with E-state index in [-0.39, 0.29) is 0 Å². The summed E-state index contributed by atoms with van der Waals surface area (Å²) in [6, 6.07) is 12.3. The quantitative estimate of drug-likeness (QED) is 0.804. The van der Waals surface area contributed by atoms with Crippen LogP contribution in [0.15, 0.2) is 55.1 Å². The molecule has 114 valence electrons. The van der Waals surface area contributed by atoms with Crippen molar-refractivity contribution in [2.45, 2.75) is 13.0 Å². The summed E-state index contributed by atoms with van der Waals surface area (Å²) in [7, 11) is 0. The van der Waals surface area contributed by atoms with Gasteiger partial charge in [0, 0.05) is 30.1 Å². The van der Waals surface area contributed by atoms with Crippen LogP contribution in [-0.4, -0.2) is 21.6 Å². The highest BCUT2D eigenvalue weighted by Crippen LogP contribution is 2.26. The number of rotatable bonds is 3. The molecule has 4 rings (SSSR count). The van der Waals surface area contributed by atoms with Gasteiger partial charge in [-0.2, -0.15) is 0 Å². The maximum Gasteiger partial charge on any atom is 0.139 e. The summed E-state index contributed by atoms with van der Waals surface area (Å²) in [5.74, 6) is 0.825. The second-order valence-electron chi connectivity index (χ2n) is 5.39.